The zero-order valence-corrected chi connectivity index (χ0v) is 15.9. The maximum atomic E-state index is 12.3. The molecule has 0 spiro atoms. The monoisotopic (exact) mass is 392 g/mol. The molecular weight excluding hydrogens is 372 g/mol. The van der Waals surface area contributed by atoms with Gasteiger partial charge in [0.15, 0.2) is 5.78 Å². The number of hydrogen-bond donors (Lipinski definition) is 2. The second-order valence-electron chi connectivity index (χ2n) is 5.71. The quantitative estimate of drug-likeness (QED) is 0.553. The molecular formula is C18H20N2O6S. The zero-order chi connectivity index (χ0) is 20.1. The Morgan fingerprint density at radius 3 is 2.70 bits per heavy atom. The Morgan fingerprint density at radius 1 is 1.37 bits per heavy atom. The van der Waals surface area contributed by atoms with E-state index in [-0.39, 0.29) is 24.5 Å². The second-order valence-corrected chi connectivity index (χ2v) is 6.80. The van der Waals surface area contributed by atoms with Gasteiger partial charge in [-0.25, -0.2) is 4.79 Å². The number of ketones is 1. The van der Waals surface area contributed by atoms with Crippen LogP contribution in [0.1, 0.15) is 20.9 Å². The summed E-state index contributed by atoms with van der Waals surface area (Å²) in [5.41, 5.74) is -0.347. The van der Waals surface area contributed by atoms with Crippen molar-refractivity contribution in [1.82, 2.24) is 4.57 Å². The van der Waals surface area contributed by atoms with Crippen molar-refractivity contribution in [2.75, 3.05) is 25.2 Å². The predicted molar refractivity (Wildman–Crippen MR) is 103 cm³/mol. The molecule has 1 amide bonds. The molecule has 0 radical (unpaired) electrons. The van der Waals surface area contributed by atoms with Crippen molar-refractivity contribution in [2.24, 2.45) is 7.05 Å². The highest BCUT2D eigenvalue weighted by Gasteiger charge is 2.17. The van der Waals surface area contributed by atoms with Gasteiger partial charge in [0.1, 0.15) is 16.3 Å². The van der Waals surface area contributed by atoms with Gasteiger partial charge in [-0.05, 0) is 31.2 Å². The van der Waals surface area contributed by atoms with Crippen molar-refractivity contribution in [3.63, 3.8) is 0 Å². The van der Waals surface area contributed by atoms with Crippen LogP contribution in [0.4, 0.5) is 9.80 Å². The summed E-state index contributed by atoms with van der Waals surface area (Å²) in [5, 5.41) is 19.7. The molecule has 0 aromatic carbocycles. The van der Waals surface area contributed by atoms with Crippen LogP contribution in [-0.4, -0.2) is 46.9 Å². The Hall–Kier alpha value is -2.91. The fraction of sp³-hybridized carbons (Fsp3) is 0.278. The summed E-state index contributed by atoms with van der Waals surface area (Å²) in [6, 6.07) is 4.65. The third-order valence-corrected chi connectivity index (χ3v) is 5.00. The standard InChI is InChI=1S/C18H20N2O6S/c1-11-10-14(22)16(17(23)19(11)2)13(21)6-4-12-5-7-15(27-12)20(18(24)25)8-9-26-3/h4-7,10,22H,8-9H2,1-3H3,(H,24,25). The molecule has 0 aliphatic rings. The molecule has 0 bridgehead atoms. The number of carbonyl (C=O) groups is 2. The lowest BCUT2D eigenvalue weighted by molar-refractivity contribution is 0.104. The number of pyridine rings is 1. The van der Waals surface area contributed by atoms with Crippen molar-refractivity contribution >= 4 is 34.3 Å². The molecule has 2 aromatic rings. The van der Waals surface area contributed by atoms with Gasteiger partial charge in [-0.1, -0.05) is 0 Å². The Morgan fingerprint density at radius 2 is 2.07 bits per heavy atom. The van der Waals surface area contributed by atoms with E-state index in [9.17, 15) is 24.6 Å². The number of thiophene rings is 1. The van der Waals surface area contributed by atoms with E-state index in [1.807, 2.05) is 0 Å². The van der Waals surface area contributed by atoms with Gasteiger partial charge < -0.3 is 19.5 Å². The minimum atomic E-state index is -1.10. The number of aromatic hydroxyl groups is 1. The van der Waals surface area contributed by atoms with E-state index < -0.39 is 17.4 Å². The van der Waals surface area contributed by atoms with Crippen molar-refractivity contribution in [3.05, 3.63) is 50.8 Å². The molecule has 0 atom stereocenters. The lowest BCUT2D eigenvalue weighted by Gasteiger charge is -2.16. The molecule has 0 fully saturated rings. The number of nitrogens with zero attached hydrogens (tertiary/aromatic N) is 2. The van der Waals surface area contributed by atoms with Crippen LogP contribution >= 0.6 is 11.3 Å². The van der Waals surface area contributed by atoms with E-state index in [4.69, 9.17) is 4.74 Å². The lowest BCUT2D eigenvalue weighted by Crippen LogP contribution is -2.31. The first-order chi connectivity index (χ1) is 12.8. The molecule has 9 heteroatoms. The van der Waals surface area contributed by atoms with Crippen molar-refractivity contribution < 1.29 is 24.5 Å². The van der Waals surface area contributed by atoms with Gasteiger partial charge in [0.25, 0.3) is 5.56 Å². The van der Waals surface area contributed by atoms with E-state index in [0.717, 1.165) is 4.90 Å². The number of methoxy groups -OCH3 is 1. The molecule has 2 rings (SSSR count). The number of aromatic nitrogens is 1. The van der Waals surface area contributed by atoms with E-state index in [1.54, 1.807) is 19.1 Å². The van der Waals surface area contributed by atoms with Gasteiger partial charge in [0.2, 0.25) is 0 Å². The minimum Gasteiger partial charge on any atom is -0.507 e. The molecule has 0 aliphatic heterocycles. The summed E-state index contributed by atoms with van der Waals surface area (Å²) < 4.78 is 6.19. The average molecular weight is 392 g/mol. The first-order valence-corrected chi connectivity index (χ1v) is 8.79. The largest absolute Gasteiger partial charge is 0.507 e. The van der Waals surface area contributed by atoms with Crippen LogP contribution in [0, 0.1) is 6.92 Å². The highest BCUT2D eigenvalue weighted by molar-refractivity contribution is 7.17. The number of aryl methyl sites for hydroxylation is 1. The second kappa shape index (κ2) is 8.65. The highest BCUT2D eigenvalue weighted by atomic mass is 32.1. The maximum absolute atomic E-state index is 12.3. The first kappa shape index (κ1) is 20.4. The Kier molecular flexibility index (Phi) is 6.54. The summed E-state index contributed by atoms with van der Waals surface area (Å²) in [6.45, 7) is 2.09. The van der Waals surface area contributed by atoms with Gasteiger partial charge in [-0.3, -0.25) is 14.5 Å². The fourth-order valence-corrected chi connectivity index (χ4v) is 3.27. The minimum absolute atomic E-state index is 0.182. The number of rotatable bonds is 7. The molecule has 0 unspecified atom stereocenters. The lowest BCUT2D eigenvalue weighted by atomic mass is 10.1. The molecule has 27 heavy (non-hydrogen) atoms. The molecule has 0 saturated heterocycles. The molecule has 8 nitrogen and oxygen atoms in total. The SMILES string of the molecule is COCCN(C(=O)O)c1ccc(C=CC(=O)c2c(O)cc(C)n(C)c2=O)s1. The van der Waals surface area contributed by atoms with Crippen molar-refractivity contribution in [1.29, 1.82) is 0 Å². The summed E-state index contributed by atoms with van der Waals surface area (Å²) in [5.74, 6) is -0.994. The number of allylic oxidation sites excluding steroid dienone is 1. The molecule has 0 aliphatic carbocycles. The third-order valence-electron chi connectivity index (χ3n) is 3.92. The molecule has 2 heterocycles. The van der Waals surface area contributed by atoms with Crippen LogP contribution in [0.3, 0.4) is 0 Å². The number of hydrogen-bond acceptors (Lipinski definition) is 6. The Labute approximate surface area is 159 Å². The van der Waals surface area contributed by atoms with E-state index in [1.165, 1.54) is 48.3 Å². The molecule has 0 saturated carbocycles. The van der Waals surface area contributed by atoms with Gasteiger partial charge in [-0.2, -0.15) is 0 Å². The number of ether oxygens (including phenoxy) is 1. The number of anilines is 1. The molecule has 2 aromatic heterocycles. The zero-order valence-electron chi connectivity index (χ0n) is 15.1. The number of carboxylic acid groups (broad SMARTS) is 1. The van der Waals surface area contributed by atoms with E-state index in [0.29, 0.717) is 15.6 Å². The molecule has 144 valence electrons. The molecule has 2 N–H and O–H groups in total. The maximum Gasteiger partial charge on any atom is 0.412 e. The van der Waals surface area contributed by atoms with Crippen LogP contribution < -0.4 is 10.5 Å². The Balaban J connectivity index is 2.23. The predicted octanol–water partition coefficient (Wildman–Crippen LogP) is 2.49. The van der Waals surface area contributed by atoms with Gasteiger partial charge >= 0.3 is 6.09 Å². The fourth-order valence-electron chi connectivity index (χ4n) is 2.34. The average Bonchev–Trinajstić information content (AvgIpc) is 3.06. The van der Waals surface area contributed by atoms with Crippen LogP contribution in [0.15, 0.2) is 29.1 Å². The number of carbonyl (C=O) groups excluding carboxylic acids is 1. The summed E-state index contributed by atoms with van der Waals surface area (Å²) in [7, 11) is 3.00. The number of amides is 1. The van der Waals surface area contributed by atoms with Crippen LogP contribution in [0.2, 0.25) is 0 Å². The van der Waals surface area contributed by atoms with Crippen molar-refractivity contribution in [3.8, 4) is 5.75 Å². The van der Waals surface area contributed by atoms with Crippen molar-refractivity contribution in [2.45, 2.75) is 6.92 Å². The summed E-state index contributed by atoms with van der Waals surface area (Å²) in [6.07, 6.45) is 1.56. The van der Waals surface area contributed by atoms with Crippen LogP contribution in [0.25, 0.3) is 6.08 Å². The Bertz CT molecular complexity index is 944. The van der Waals surface area contributed by atoms with E-state index in [2.05, 4.69) is 0 Å². The summed E-state index contributed by atoms with van der Waals surface area (Å²) >= 11 is 1.18. The third kappa shape index (κ3) is 4.63. The van der Waals surface area contributed by atoms with Crippen LogP contribution in [-0.2, 0) is 11.8 Å². The van der Waals surface area contributed by atoms with E-state index >= 15 is 0 Å². The van der Waals surface area contributed by atoms with Gasteiger partial charge in [0.05, 0.1) is 13.2 Å². The highest BCUT2D eigenvalue weighted by Crippen LogP contribution is 2.27. The topological polar surface area (TPSA) is 109 Å². The summed E-state index contributed by atoms with van der Waals surface area (Å²) in [4.78, 5) is 37.7. The first-order valence-electron chi connectivity index (χ1n) is 7.97. The van der Waals surface area contributed by atoms with Crippen LogP contribution in [0.5, 0.6) is 5.75 Å². The van der Waals surface area contributed by atoms with Gasteiger partial charge in [0, 0.05) is 30.8 Å². The normalized spacial score (nSPS) is 11.1. The smallest absolute Gasteiger partial charge is 0.412 e. The van der Waals surface area contributed by atoms with Gasteiger partial charge in [-0.15, -0.1) is 11.3 Å².